The predicted octanol–water partition coefficient (Wildman–Crippen LogP) is 1.07. The molecule has 0 aliphatic heterocycles. The molecule has 0 aromatic carbocycles. The molecule has 2 aromatic rings. The van der Waals surface area contributed by atoms with Gasteiger partial charge in [0.25, 0.3) is 0 Å². The Morgan fingerprint density at radius 1 is 1.52 bits per heavy atom. The molecule has 0 radical (unpaired) electrons. The Labute approximate surface area is 120 Å². The number of fused-ring (bicyclic) bond motifs is 1. The number of nitrogens with zero attached hydrogens (tertiary/aromatic N) is 3. The number of rotatable bonds is 5. The highest BCUT2D eigenvalue weighted by atomic mass is 15.1. The van der Waals surface area contributed by atoms with Crippen molar-refractivity contribution in [3.05, 3.63) is 23.7 Å². The van der Waals surface area contributed by atoms with Gasteiger partial charge in [0.1, 0.15) is 17.5 Å². The maximum absolute atomic E-state index is 8.99. The average Bonchev–Trinajstić information content (AvgIpc) is 3.21. The van der Waals surface area contributed by atoms with Crippen LogP contribution in [0, 0.1) is 16.7 Å². The van der Waals surface area contributed by atoms with Crippen LogP contribution in [0.3, 0.4) is 0 Å². The Hall–Kier alpha value is -3.08. The zero-order valence-corrected chi connectivity index (χ0v) is 11.1. The summed E-state index contributed by atoms with van der Waals surface area (Å²) < 4.78 is 0. The van der Waals surface area contributed by atoms with Crippen molar-refractivity contribution in [1.82, 2.24) is 20.3 Å². The van der Waals surface area contributed by atoms with Crippen LogP contribution in [0.4, 0.5) is 11.8 Å². The van der Waals surface area contributed by atoms with Crippen molar-refractivity contribution >= 4 is 29.0 Å². The molecule has 8 nitrogen and oxygen atoms in total. The topological polar surface area (TPSA) is 139 Å². The maximum atomic E-state index is 8.99. The van der Waals surface area contributed by atoms with Crippen molar-refractivity contribution < 1.29 is 0 Å². The van der Waals surface area contributed by atoms with Gasteiger partial charge in [0.2, 0.25) is 5.95 Å². The molecule has 2 aromatic heterocycles. The minimum Gasteiger partial charge on any atom is -0.386 e. The van der Waals surface area contributed by atoms with Crippen LogP contribution in [0.5, 0.6) is 0 Å². The second-order valence-corrected chi connectivity index (χ2v) is 4.78. The van der Waals surface area contributed by atoms with Crippen LogP contribution in [-0.4, -0.2) is 27.2 Å². The van der Waals surface area contributed by atoms with Crippen molar-refractivity contribution in [2.75, 3.05) is 11.1 Å². The Balaban J connectivity index is 1.88. The summed E-state index contributed by atoms with van der Waals surface area (Å²) in [4.78, 5) is 11.3. The zero-order valence-electron chi connectivity index (χ0n) is 11.1. The van der Waals surface area contributed by atoms with E-state index in [-0.39, 0.29) is 11.8 Å². The molecule has 1 saturated carbocycles. The summed E-state index contributed by atoms with van der Waals surface area (Å²) in [7, 11) is 0. The van der Waals surface area contributed by atoms with Crippen LogP contribution < -0.4 is 16.4 Å². The van der Waals surface area contributed by atoms with E-state index in [1.165, 1.54) is 6.21 Å². The highest BCUT2D eigenvalue weighted by Crippen LogP contribution is 2.23. The van der Waals surface area contributed by atoms with Crippen molar-refractivity contribution in [2.24, 2.45) is 0 Å². The van der Waals surface area contributed by atoms with Crippen LogP contribution in [0.15, 0.2) is 18.1 Å². The fourth-order valence-corrected chi connectivity index (χ4v) is 1.91. The molecular weight excluding hydrogens is 268 g/mol. The molecule has 0 bridgehead atoms. The quantitative estimate of drug-likeness (QED) is 0.520. The van der Waals surface area contributed by atoms with E-state index >= 15 is 0 Å². The number of H-pyrrole nitrogens is 1. The average molecular weight is 282 g/mol. The number of nitriles is 1. The molecule has 3 rings (SSSR count). The number of allylic oxidation sites excluding steroid dienone is 1. The van der Waals surface area contributed by atoms with Gasteiger partial charge in [-0.2, -0.15) is 15.2 Å². The van der Waals surface area contributed by atoms with E-state index in [2.05, 4.69) is 25.6 Å². The lowest BCUT2D eigenvalue weighted by atomic mass is 10.2. The molecule has 6 N–H and O–H groups in total. The fourth-order valence-electron chi connectivity index (χ4n) is 1.91. The number of aromatic amines is 1. The van der Waals surface area contributed by atoms with Gasteiger partial charge in [-0.25, -0.2) is 0 Å². The minimum atomic E-state index is 0.222. The van der Waals surface area contributed by atoms with E-state index in [9.17, 15) is 0 Å². The Morgan fingerprint density at radius 3 is 3.00 bits per heavy atom. The summed E-state index contributed by atoms with van der Waals surface area (Å²) in [6.07, 6.45) is 6.74. The molecule has 0 atom stereocenters. The van der Waals surface area contributed by atoms with E-state index in [1.54, 1.807) is 12.4 Å². The summed E-state index contributed by atoms with van der Waals surface area (Å²) in [5.74, 6) is 0.499. The Morgan fingerprint density at radius 2 is 2.33 bits per heavy atom. The monoisotopic (exact) mass is 282 g/mol. The molecule has 1 fully saturated rings. The summed E-state index contributed by atoms with van der Waals surface area (Å²) in [5.41, 5.74) is 7.30. The van der Waals surface area contributed by atoms with Crippen LogP contribution in [0.25, 0.3) is 11.0 Å². The first-order valence-corrected chi connectivity index (χ1v) is 6.49. The molecule has 1 aliphatic rings. The van der Waals surface area contributed by atoms with E-state index in [1.807, 2.05) is 6.07 Å². The number of nitrogens with one attached hydrogen (secondary N) is 4. The van der Waals surface area contributed by atoms with Gasteiger partial charge in [-0.05, 0) is 12.8 Å². The van der Waals surface area contributed by atoms with Gasteiger partial charge in [-0.15, -0.1) is 0 Å². The first-order valence-electron chi connectivity index (χ1n) is 6.49. The van der Waals surface area contributed by atoms with Gasteiger partial charge >= 0.3 is 0 Å². The van der Waals surface area contributed by atoms with E-state index in [0.29, 0.717) is 28.3 Å². The summed E-state index contributed by atoms with van der Waals surface area (Å²) >= 11 is 0. The maximum Gasteiger partial charge on any atom is 0.231 e. The molecule has 1 aliphatic carbocycles. The summed E-state index contributed by atoms with van der Waals surface area (Å²) in [6.45, 7) is 0. The minimum absolute atomic E-state index is 0.222. The number of anilines is 2. The normalized spacial score (nSPS) is 14.7. The molecule has 21 heavy (non-hydrogen) atoms. The third kappa shape index (κ3) is 2.62. The van der Waals surface area contributed by atoms with Crippen molar-refractivity contribution in [3.63, 3.8) is 0 Å². The van der Waals surface area contributed by atoms with Gasteiger partial charge in [0, 0.05) is 24.7 Å². The SMILES string of the molecule is N#Cc1c[nH]c2nc(N/C(C=N)=C/NC3CC3)nc(N)c12. The van der Waals surface area contributed by atoms with Crippen molar-refractivity contribution in [1.29, 1.82) is 10.7 Å². The standard InChI is InChI=1S/C13H14N8/c14-3-7-5-18-12-10(7)11(16)20-13(21-12)19-9(4-15)6-17-8-1-2-8/h4-6,8,15,17H,1-2H2,(H4,16,18,19,20,21)/b9-6+,15-4?. The lowest BCUT2D eigenvalue weighted by Crippen LogP contribution is -2.13. The first-order chi connectivity index (χ1) is 10.2. The van der Waals surface area contributed by atoms with Gasteiger partial charge in [0.05, 0.1) is 16.6 Å². The molecule has 0 spiro atoms. The molecule has 0 unspecified atom stereocenters. The van der Waals surface area contributed by atoms with Crippen LogP contribution in [0.2, 0.25) is 0 Å². The van der Waals surface area contributed by atoms with Crippen LogP contribution in [0.1, 0.15) is 18.4 Å². The molecule has 2 heterocycles. The number of nitrogen functional groups attached to an aromatic ring is 1. The van der Waals surface area contributed by atoms with Gasteiger partial charge in [-0.1, -0.05) is 0 Å². The third-order valence-corrected chi connectivity index (χ3v) is 3.14. The number of hydrogen-bond donors (Lipinski definition) is 5. The van der Waals surface area contributed by atoms with Gasteiger partial charge in [0.15, 0.2) is 0 Å². The predicted molar refractivity (Wildman–Crippen MR) is 79.7 cm³/mol. The third-order valence-electron chi connectivity index (χ3n) is 3.14. The molecule has 106 valence electrons. The molecular formula is C13H14N8. The largest absolute Gasteiger partial charge is 0.386 e. The van der Waals surface area contributed by atoms with E-state index < -0.39 is 0 Å². The van der Waals surface area contributed by atoms with Crippen LogP contribution in [-0.2, 0) is 0 Å². The first kappa shape index (κ1) is 12.9. The second kappa shape index (κ2) is 5.13. The van der Waals surface area contributed by atoms with Crippen LogP contribution >= 0.6 is 0 Å². The van der Waals surface area contributed by atoms with Crippen molar-refractivity contribution in [2.45, 2.75) is 18.9 Å². The smallest absolute Gasteiger partial charge is 0.231 e. The Kier molecular flexibility index (Phi) is 3.16. The summed E-state index contributed by atoms with van der Waals surface area (Å²) in [5, 5.41) is 23.0. The van der Waals surface area contributed by atoms with E-state index in [4.69, 9.17) is 16.4 Å². The summed E-state index contributed by atoms with van der Waals surface area (Å²) in [6, 6.07) is 2.53. The lowest BCUT2D eigenvalue weighted by molar-refractivity contribution is 0.858. The zero-order chi connectivity index (χ0) is 14.8. The number of nitrogens with two attached hydrogens (primary N) is 1. The molecule has 0 amide bonds. The molecule has 8 heteroatoms. The number of hydrogen-bond acceptors (Lipinski definition) is 7. The fraction of sp³-hybridized carbons (Fsp3) is 0.231. The second-order valence-electron chi connectivity index (χ2n) is 4.78. The number of aromatic nitrogens is 3. The van der Waals surface area contributed by atoms with Gasteiger partial charge < -0.3 is 26.8 Å². The van der Waals surface area contributed by atoms with Crippen molar-refractivity contribution in [3.8, 4) is 6.07 Å². The Bertz CT molecular complexity index is 762. The van der Waals surface area contributed by atoms with E-state index in [0.717, 1.165) is 12.8 Å². The lowest BCUT2D eigenvalue weighted by Gasteiger charge is -2.07. The van der Waals surface area contributed by atoms with Gasteiger partial charge in [-0.3, -0.25) is 0 Å². The highest BCUT2D eigenvalue weighted by molar-refractivity contribution is 5.92. The highest BCUT2D eigenvalue weighted by Gasteiger charge is 2.19. The molecule has 0 saturated heterocycles.